The van der Waals surface area contributed by atoms with Gasteiger partial charge in [-0.05, 0) is 93.6 Å². The van der Waals surface area contributed by atoms with Crippen molar-refractivity contribution in [2.75, 3.05) is 53.9 Å². The highest BCUT2D eigenvalue weighted by Gasteiger charge is 2.23. The molecule has 0 atom stereocenters. The number of halogens is 2. The third kappa shape index (κ3) is 7.00. The first kappa shape index (κ1) is 27.2. The Bertz CT molecular complexity index is 1390. The first-order valence-electron chi connectivity index (χ1n) is 13.2. The van der Waals surface area contributed by atoms with E-state index in [1.165, 1.54) is 38.9 Å². The molecule has 38 heavy (non-hydrogen) atoms. The highest BCUT2D eigenvalue weighted by molar-refractivity contribution is 7.92. The van der Waals surface area contributed by atoms with Crippen molar-refractivity contribution < 1.29 is 8.42 Å². The molecular weight excluding hydrogens is 543 g/mol. The number of anilines is 3. The molecular formula is C27H34Cl2N6O2S. The maximum atomic E-state index is 11.8. The van der Waals surface area contributed by atoms with Crippen molar-refractivity contribution in [3.63, 3.8) is 0 Å². The molecule has 0 unspecified atom stereocenters. The lowest BCUT2D eigenvalue weighted by Crippen LogP contribution is -2.36. The van der Waals surface area contributed by atoms with E-state index in [1.807, 2.05) is 12.1 Å². The van der Waals surface area contributed by atoms with E-state index in [0.29, 0.717) is 34.0 Å². The van der Waals surface area contributed by atoms with Crippen LogP contribution >= 0.6 is 23.2 Å². The minimum absolute atomic E-state index is 0.434. The zero-order chi connectivity index (χ0) is 26.7. The second kappa shape index (κ2) is 11.8. The highest BCUT2D eigenvalue weighted by Crippen LogP contribution is 2.31. The lowest BCUT2D eigenvalue weighted by Gasteiger charge is -2.33. The molecule has 2 aromatic carbocycles. The summed E-state index contributed by atoms with van der Waals surface area (Å²) in [6.07, 6.45) is 7.34. The summed E-state index contributed by atoms with van der Waals surface area (Å²) in [7, 11) is -3.42. The summed E-state index contributed by atoms with van der Waals surface area (Å²) in [5, 5.41) is 5.28. The molecule has 0 bridgehead atoms. The Labute approximate surface area is 234 Å². The lowest BCUT2D eigenvalue weighted by atomic mass is 9.93. The normalized spacial score (nSPS) is 17.3. The van der Waals surface area contributed by atoms with Gasteiger partial charge in [-0.1, -0.05) is 29.3 Å². The summed E-state index contributed by atoms with van der Waals surface area (Å²) < 4.78 is 26.2. The predicted octanol–water partition coefficient (Wildman–Crippen LogP) is 5.62. The molecule has 204 valence electrons. The Morgan fingerprint density at radius 3 is 2.47 bits per heavy atom. The average molecular weight is 578 g/mol. The summed E-state index contributed by atoms with van der Waals surface area (Å²) in [4.78, 5) is 14.6. The smallest absolute Gasteiger partial charge is 0.229 e. The van der Waals surface area contributed by atoms with Crippen LogP contribution in [0.1, 0.15) is 37.7 Å². The van der Waals surface area contributed by atoms with Gasteiger partial charge in [0.25, 0.3) is 0 Å². The summed E-state index contributed by atoms with van der Waals surface area (Å²) in [5.74, 6) is 2.05. The van der Waals surface area contributed by atoms with Gasteiger partial charge in [0.15, 0.2) is 0 Å². The van der Waals surface area contributed by atoms with Crippen molar-refractivity contribution in [3.8, 4) is 0 Å². The Balaban J connectivity index is 1.36. The largest absolute Gasteiger partial charge is 0.365 e. The SMILES string of the molecule is CS(=O)(=O)Nc1ccc2nc(N3CCC(CCN4CCCC4)CC3)nc(NCc3ccc(Cl)cc3Cl)c2c1. The fraction of sp³-hybridized carbons (Fsp3) is 0.481. The van der Waals surface area contributed by atoms with Crippen LogP contribution in [0.15, 0.2) is 36.4 Å². The number of nitrogens with zero attached hydrogens (tertiary/aromatic N) is 4. The summed E-state index contributed by atoms with van der Waals surface area (Å²) in [5.41, 5.74) is 2.09. The molecule has 2 fully saturated rings. The van der Waals surface area contributed by atoms with E-state index in [4.69, 9.17) is 33.2 Å². The van der Waals surface area contributed by atoms with Gasteiger partial charge in [-0.3, -0.25) is 4.72 Å². The van der Waals surface area contributed by atoms with Crippen LogP contribution in [0.3, 0.4) is 0 Å². The number of rotatable bonds is 9. The van der Waals surface area contributed by atoms with Crippen LogP contribution < -0.4 is 14.9 Å². The number of aromatic nitrogens is 2. The lowest BCUT2D eigenvalue weighted by molar-refractivity contribution is 0.280. The molecule has 0 saturated carbocycles. The van der Waals surface area contributed by atoms with Gasteiger partial charge in [-0.15, -0.1) is 0 Å². The van der Waals surface area contributed by atoms with Crippen molar-refractivity contribution in [2.45, 2.75) is 38.6 Å². The number of likely N-dealkylation sites (tertiary alicyclic amines) is 1. The van der Waals surface area contributed by atoms with E-state index < -0.39 is 10.0 Å². The third-order valence-electron chi connectivity index (χ3n) is 7.40. The molecule has 2 N–H and O–H groups in total. The molecule has 1 aromatic heterocycles. The quantitative estimate of drug-likeness (QED) is 0.341. The fourth-order valence-electron chi connectivity index (χ4n) is 5.31. The van der Waals surface area contributed by atoms with E-state index in [1.54, 1.807) is 24.3 Å². The van der Waals surface area contributed by atoms with Crippen molar-refractivity contribution in [1.82, 2.24) is 14.9 Å². The number of sulfonamides is 1. The monoisotopic (exact) mass is 576 g/mol. The van der Waals surface area contributed by atoms with Gasteiger partial charge < -0.3 is 15.1 Å². The second-order valence-electron chi connectivity index (χ2n) is 10.3. The zero-order valence-electron chi connectivity index (χ0n) is 21.6. The summed E-state index contributed by atoms with van der Waals surface area (Å²) >= 11 is 12.5. The van der Waals surface area contributed by atoms with Crippen LogP contribution in [-0.2, 0) is 16.6 Å². The Morgan fingerprint density at radius 1 is 1.00 bits per heavy atom. The maximum absolute atomic E-state index is 11.8. The molecule has 8 nitrogen and oxygen atoms in total. The van der Waals surface area contributed by atoms with Crippen molar-refractivity contribution in [1.29, 1.82) is 0 Å². The Hall–Kier alpha value is -2.33. The molecule has 3 aromatic rings. The Morgan fingerprint density at radius 2 is 1.76 bits per heavy atom. The van der Waals surface area contributed by atoms with Crippen LogP contribution in [0.4, 0.5) is 17.5 Å². The number of hydrogen-bond donors (Lipinski definition) is 2. The fourth-order valence-corrected chi connectivity index (χ4v) is 6.34. The van der Waals surface area contributed by atoms with Crippen LogP contribution in [-0.4, -0.2) is 62.3 Å². The van der Waals surface area contributed by atoms with Crippen LogP contribution in [0.2, 0.25) is 10.0 Å². The predicted molar refractivity (Wildman–Crippen MR) is 157 cm³/mol. The van der Waals surface area contributed by atoms with Crippen LogP contribution in [0, 0.1) is 5.92 Å². The van der Waals surface area contributed by atoms with Crippen LogP contribution in [0.25, 0.3) is 10.9 Å². The molecule has 0 spiro atoms. The molecule has 2 aliphatic heterocycles. The number of fused-ring (bicyclic) bond motifs is 1. The van der Waals surface area contributed by atoms with Crippen molar-refractivity contribution in [2.24, 2.45) is 5.92 Å². The van der Waals surface area contributed by atoms with Crippen molar-refractivity contribution >= 4 is 61.6 Å². The van der Waals surface area contributed by atoms with Gasteiger partial charge in [-0.25, -0.2) is 13.4 Å². The van der Waals surface area contributed by atoms with Crippen LogP contribution in [0.5, 0.6) is 0 Å². The topological polar surface area (TPSA) is 90.5 Å². The zero-order valence-corrected chi connectivity index (χ0v) is 23.9. The molecule has 0 amide bonds. The molecule has 2 saturated heterocycles. The van der Waals surface area contributed by atoms with E-state index in [9.17, 15) is 8.42 Å². The molecule has 0 aliphatic carbocycles. The van der Waals surface area contributed by atoms with E-state index >= 15 is 0 Å². The van der Waals surface area contributed by atoms with E-state index in [2.05, 4.69) is 19.8 Å². The third-order valence-corrected chi connectivity index (χ3v) is 8.59. The second-order valence-corrected chi connectivity index (χ2v) is 12.9. The molecule has 2 aliphatic rings. The molecule has 3 heterocycles. The number of nitrogens with one attached hydrogen (secondary N) is 2. The number of hydrogen-bond acceptors (Lipinski definition) is 7. The van der Waals surface area contributed by atoms with Crippen molar-refractivity contribution in [3.05, 3.63) is 52.0 Å². The van der Waals surface area contributed by atoms with Gasteiger partial charge in [0.2, 0.25) is 16.0 Å². The van der Waals surface area contributed by atoms with Gasteiger partial charge in [0.05, 0.1) is 11.8 Å². The maximum Gasteiger partial charge on any atom is 0.229 e. The van der Waals surface area contributed by atoms with E-state index in [-0.39, 0.29) is 0 Å². The van der Waals surface area contributed by atoms with Gasteiger partial charge in [-0.2, -0.15) is 4.98 Å². The standard InChI is InChI=1S/C27H34Cl2N6O2S/c1-38(36,37)33-22-6-7-25-23(17-22)26(30-18-20-4-5-21(28)16-24(20)29)32-27(31-25)35-14-9-19(10-15-35)8-13-34-11-2-3-12-34/h4-7,16-17,19,33H,2-3,8-15,18H2,1H3,(H,30,31,32). The number of benzene rings is 2. The first-order valence-corrected chi connectivity index (χ1v) is 15.8. The van der Waals surface area contributed by atoms with Gasteiger partial charge in [0, 0.05) is 40.8 Å². The average Bonchev–Trinajstić information content (AvgIpc) is 3.40. The minimum atomic E-state index is -3.42. The Kier molecular flexibility index (Phi) is 8.47. The van der Waals surface area contributed by atoms with Gasteiger partial charge in [0.1, 0.15) is 5.82 Å². The minimum Gasteiger partial charge on any atom is -0.365 e. The van der Waals surface area contributed by atoms with Gasteiger partial charge >= 0.3 is 0 Å². The first-order chi connectivity index (χ1) is 18.2. The van der Waals surface area contributed by atoms with E-state index in [0.717, 1.165) is 54.6 Å². The summed E-state index contributed by atoms with van der Waals surface area (Å²) in [6, 6.07) is 10.7. The number of piperidine rings is 1. The highest BCUT2D eigenvalue weighted by atomic mass is 35.5. The summed E-state index contributed by atoms with van der Waals surface area (Å²) in [6.45, 7) is 6.00. The molecule has 11 heteroatoms. The molecule has 5 rings (SSSR count). The molecule has 0 radical (unpaired) electrons.